The van der Waals surface area contributed by atoms with E-state index in [1.54, 1.807) is 0 Å². The van der Waals surface area contributed by atoms with Crippen molar-refractivity contribution in [2.45, 2.75) is 97.1 Å². The summed E-state index contributed by atoms with van der Waals surface area (Å²) in [7, 11) is -1.95. The molecule has 5 heteroatoms. The van der Waals surface area contributed by atoms with Crippen molar-refractivity contribution in [3.05, 3.63) is 0 Å². The molecule has 2 rings (SSSR count). The fraction of sp³-hybridized carbons (Fsp3) is 0.900. The monoisotopic (exact) mass is 368 g/mol. The average molecular weight is 369 g/mol. The highest BCUT2D eigenvalue weighted by Crippen LogP contribution is 2.44. The normalized spacial score (nSPS) is 33.9. The van der Waals surface area contributed by atoms with Gasteiger partial charge in [-0.15, -0.1) is 0 Å². The van der Waals surface area contributed by atoms with Crippen LogP contribution in [0.3, 0.4) is 0 Å². The zero-order valence-electron chi connectivity index (χ0n) is 17.3. The van der Waals surface area contributed by atoms with E-state index in [0.717, 1.165) is 19.3 Å². The predicted octanol–water partition coefficient (Wildman–Crippen LogP) is 4.72. The molecule has 0 bridgehead atoms. The topological polar surface area (TPSA) is 52.6 Å². The van der Waals surface area contributed by atoms with Crippen molar-refractivity contribution < 1.29 is 18.8 Å². The van der Waals surface area contributed by atoms with E-state index >= 15 is 0 Å². The molecule has 0 aromatic carbocycles. The Kier molecular flexibility index (Phi) is 5.61. The lowest BCUT2D eigenvalue weighted by atomic mass is 9.81. The summed E-state index contributed by atoms with van der Waals surface area (Å²) >= 11 is 0. The molecule has 2 fully saturated rings. The smallest absolute Gasteiger partial charge is 0.309 e. The molecule has 1 heterocycles. The summed E-state index contributed by atoms with van der Waals surface area (Å²) in [5, 5.41) is 0.116. The van der Waals surface area contributed by atoms with Gasteiger partial charge in [-0.2, -0.15) is 0 Å². The SMILES string of the molecule is C[C@@H]1C(=O)CC[C@@H]1[C@@H]1CC[C@H](O[Si](C)(C)C(C)(C)C)C(C)(C)OC1=O. The third kappa shape index (κ3) is 4.18. The van der Waals surface area contributed by atoms with Crippen molar-refractivity contribution >= 4 is 20.1 Å². The van der Waals surface area contributed by atoms with Crippen molar-refractivity contribution in [1.82, 2.24) is 0 Å². The molecule has 0 aromatic heterocycles. The lowest BCUT2D eigenvalue weighted by Gasteiger charge is -2.43. The summed E-state index contributed by atoms with van der Waals surface area (Å²) in [5.74, 6) is 0.0722. The third-order valence-electron chi connectivity index (χ3n) is 6.82. The molecular weight excluding hydrogens is 332 g/mol. The van der Waals surface area contributed by atoms with Crippen molar-refractivity contribution in [2.24, 2.45) is 17.8 Å². The second-order valence-electron chi connectivity index (χ2n) is 10.0. The predicted molar refractivity (Wildman–Crippen MR) is 102 cm³/mol. The van der Waals surface area contributed by atoms with Gasteiger partial charge in [0.05, 0.1) is 12.0 Å². The number of Topliss-reactive ketones (excluding diaryl/α,β-unsaturated/α-hetero) is 1. The number of carbonyl (C=O) groups is 2. The van der Waals surface area contributed by atoms with Crippen LogP contribution in [0.5, 0.6) is 0 Å². The van der Waals surface area contributed by atoms with E-state index in [1.165, 1.54) is 0 Å². The Labute approximate surface area is 154 Å². The van der Waals surface area contributed by atoms with Crippen LogP contribution in [0.25, 0.3) is 0 Å². The minimum Gasteiger partial charge on any atom is -0.457 e. The van der Waals surface area contributed by atoms with Gasteiger partial charge in [0.1, 0.15) is 11.4 Å². The Morgan fingerprint density at radius 1 is 1.12 bits per heavy atom. The van der Waals surface area contributed by atoms with E-state index in [0.29, 0.717) is 6.42 Å². The van der Waals surface area contributed by atoms with Gasteiger partial charge in [-0.3, -0.25) is 9.59 Å². The van der Waals surface area contributed by atoms with Gasteiger partial charge < -0.3 is 9.16 Å². The first-order valence-corrected chi connectivity index (χ1v) is 12.6. The van der Waals surface area contributed by atoms with E-state index in [2.05, 4.69) is 33.9 Å². The molecule has 25 heavy (non-hydrogen) atoms. The number of ether oxygens (including phenoxy) is 1. The molecule has 2 aliphatic rings. The molecule has 1 saturated heterocycles. The van der Waals surface area contributed by atoms with Crippen LogP contribution in [0.2, 0.25) is 18.1 Å². The summed E-state index contributed by atoms with van der Waals surface area (Å²) < 4.78 is 12.6. The number of ketones is 1. The second kappa shape index (κ2) is 6.80. The molecule has 0 aromatic rings. The first-order chi connectivity index (χ1) is 11.3. The summed E-state index contributed by atoms with van der Waals surface area (Å²) in [5.41, 5.74) is -0.632. The standard InChI is InChI=1S/C20H36O4Si/c1-13-14(9-11-16(13)21)15-10-12-17(20(5,6)23-18(15)22)24-25(7,8)19(2,3)4/h13-15,17H,9-12H2,1-8H3/t13-,14-,15-,17-/m0/s1. The summed E-state index contributed by atoms with van der Waals surface area (Å²) in [4.78, 5) is 24.7. The van der Waals surface area contributed by atoms with Gasteiger partial charge in [-0.05, 0) is 57.2 Å². The van der Waals surface area contributed by atoms with E-state index in [1.807, 2.05) is 20.8 Å². The van der Waals surface area contributed by atoms with Crippen LogP contribution in [0.15, 0.2) is 0 Å². The van der Waals surface area contributed by atoms with E-state index in [9.17, 15) is 9.59 Å². The number of hydrogen-bond acceptors (Lipinski definition) is 4. The Bertz CT molecular complexity index is 532. The number of esters is 1. The highest BCUT2D eigenvalue weighted by atomic mass is 28.4. The maximum atomic E-state index is 12.8. The maximum Gasteiger partial charge on any atom is 0.309 e. The van der Waals surface area contributed by atoms with Crippen LogP contribution < -0.4 is 0 Å². The molecule has 1 saturated carbocycles. The first kappa shape index (κ1) is 20.6. The Balaban J connectivity index is 2.18. The molecule has 0 spiro atoms. The van der Waals surface area contributed by atoms with Crippen LogP contribution in [-0.2, 0) is 18.8 Å². The van der Waals surface area contributed by atoms with Gasteiger partial charge in [0.25, 0.3) is 0 Å². The molecule has 1 aliphatic carbocycles. The Morgan fingerprint density at radius 2 is 1.72 bits per heavy atom. The van der Waals surface area contributed by atoms with Crippen molar-refractivity contribution in [3.8, 4) is 0 Å². The molecule has 4 atom stereocenters. The molecule has 144 valence electrons. The van der Waals surface area contributed by atoms with Crippen molar-refractivity contribution in [1.29, 1.82) is 0 Å². The van der Waals surface area contributed by atoms with Crippen LogP contribution in [0, 0.1) is 17.8 Å². The van der Waals surface area contributed by atoms with E-state index < -0.39 is 13.9 Å². The molecule has 1 aliphatic heterocycles. The van der Waals surface area contributed by atoms with Crippen molar-refractivity contribution in [2.75, 3.05) is 0 Å². The van der Waals surface area contributed by atoms with Gasteiger partial charge in [0.15, 0.2) is 8.32 Å². The minimum atomic E-state index is -1.95. The van der Waals surface area contributed by atoms with Crippen LogP contribution in [0.4, 0.5) is 0 Å². The second-order valence-corrected chi connectivity index (χ2v) is 14.8. The van der Waals surface area contributed by atoms with Gasteiger partial charge in [-0.25, -0.2) is 0 Å². The fourth-order valence-electron chi connectivity index (χ4n) is 3.89. The minimum absolute atomic E-state index is 0.0291. The molecule has 0 N–H and O–H groups in total. The van der Waals surface area contributed by atoms with Crippen molar-refractivity contribution in [3.63, 3.8) is 0 Å². The summed E-state index contributed by atoms with van der Waals surface area (Å²) in [6.07, 6.45) is 2.89. The van der Waals surface area contributed by atoms with Crippen LogP contribution in [-0.4, -0.2) is 31.8 Å². The largest absolute Gasteiger partial charge is 0.457 e. The number of carbonyl (C=O) groups excluding carboxylic acids is 2. The van der Waals surface area contributed by atoms with Gasteiger partial charge >= 0.3 is 5.97 Å². The number of cyclic esters (lactones) is 1. The van der Waals surface area contributed by atoms with Gasteiger partial charge in [-0.1, -0.05) is 27.7 Å². The third-order valence-corrected chi connectivity index (χ3v) is 11.3. The molecule has 0 amide bonds. The lowest BCUT2D eigenvalue weighted by Crippen LogP contribution is -2.51. The first-order valence-electron chi connectivity index (χ1n) is 9.69. The van der Waals surface area contributed by atoms with Crippen LogP contribution in [0.1, 0.15) is 67.2 Å². The molecular formula is C20H36O4Si. The van der Waals surface area contributed by atoms with Crippen LogP contribution >= 0.6 is 0 Å². The zero-order chi connectivity index (χ0) is 19.2. The quantitative estimate of drug-likeness (QED) is 0.534. The zero-order valence-corrected chi connectivity index (χ0v) is 18.3. The summed E-state index contributed by atoms with van der Waals surface area (Å²) in [6, 6.07) is 0. The number of rotatable bonds is 3. The van der Waals surface area contributed by atoms with Gasteiger partial charge in [0.2, 0.25) is 0 Å². The maximum absolute atomic E-state index is 12.8. The fourth-order valence-corrected chi connectivity index (χ4v) is 5.36. The summed E-state index contributed by atoms with van der Waals surface area (Å²) in [6.45, 7) is 17.1. The highest BCUT2D eigenvalue weighted by molar-refractivity contribution is 6.74. The van der Waals surface area contributed by atoms with E-state index in [-0.39, 0.29) is 40.6 Å². The highest BCUT2D eigenvalue weighted by Gasteiger charge is 2.49. The van der Waals surface area contributed by atoms with Gasteiger partial charge in [0, 0.05) is 12.3 Å². The van der Waals surface area contributed by atoms with E-state index in [4.69, 9.17) is 9.16 Å². The Hall–Kier alpha value is -0.683. The molecule has 4 nitrogen and oxygen atoms in total. The molecule has 0 unspecified atom stereocenters. The lowest BCUT2D eigenvalue weighted by molar-refractivity contribution is -0.168. The Morgan fingerprint density at radius 3 is 2.20 bits per heavy atom. The molecule has 0 radical (unpaired) electrons. The number of hydrogen-bond donors (Lipinski definition) is 0. The average Bonchev–Trinajstić information content (AvgIpc) is 2.71.